The Morgan fingerprint density at radius 3 is 2.50 bits per heavy atom. The number of para-hydroxylation sites is 1. The largest absolute Gasteiger partial charge is 0.397 e. The summed E-state index contributed by atoms with van der Waals surface area (Å²) in [5.41, 5.74) is 7.74. The Hall–Kier alpha value is -1.74. The molecule has 0 aliphatic carbocycles. The highest BCUT2D eigenvalue weighted by atomic mass is 35.5. The molecule has 0 unspecified atom stereocenters. The molecule has 0 bridgehead atoms. The summed E-state index contributed by atoms with van der Waals surface area (Å²) in [6.07, 6.45) is 0. The predicted molar refractivity (Wildman–Crippen MR) is 74.9 cm³/mol. The molecule has 0 atom stereocenters. The van der Waals surface area contributed by atoms with Gasteiger partial charge >= 0.3 is 0 Å². The fraction of sp³-hybridized carbons (Fsp3) is 0.143. The quantitative estimate of drug-likeness (QED) is 0.841. The second kappa shape index (κ2) is 5.27. The van der Waals surface area contributed by atoms with E-state index >= 15 is 0 Å². The van der Waals surface area contributed by atoms with E-state index in [4.69, 9.17) is 17.3 Å². The lowest BCUT2D eigenvalue weighted by Crippen LogP contribution is -2.18. The topological polar surface area (TPSA) is 29.3 Å². The lowest BCUT2D eigenvalue weighted by atomic mass is 10.2. The van der Waals surface area contributed by atoms with E-state index in [1.165, 1.54) is 6.07 Å². The molecule has 0 amide bonds. The van der Waals surface area contributed by atoms with Crippen LogP contribution in [0.2, 0.25) is 5.02 Å². The number of nitrogens with zero attached hydrogens (tertiary/aromatic N) is 1. The minimum Gasteiger partial charge on any atom is -0.397 e. The molecule has 2 rings (SSSR count). The summed E-state index contributed by atoms with van der Waals surface area (Å²) in [5.74, 6) is -0.270. The summed E-state index contributed by atoms with van der Waals surface area (Å²) in [6.45, 7) is 2.56. The number of nitrogen functional groups attached to an aromatic ring is 1. The molecule has 0 radical (unpaired) electrons. The first-order valence-corrected chi connectivity index (χ1v) is 6.08. The second-order valence-corrected chi connectivity index (χ2v) is 4.34. The first kappa shape index (κ1) is 12.7. The maximum atomic E-state index is 13.8. The predicted octanol–water partition coefficient (Wildman–Crippen LogP) is 4.22. The summed E-state index contributed by atoms with van der Waals surface area (Å²) in [5, 5.41) is 0.570. The normalized spacial score (nSPS) is 10.4. The monoisotopic (exact) mass is 264 g/mol. The first-order valence-electron chi connectivity index (χ1n) is 5.70. The van der Waals surface area contributed by atoms with Crippen molar-refractivity contribution in [3.8, 4) is 0 Å². The highest BCUT2D eigenvalue weighted by molar-refractivity contribution is 6.31. The highest BCUT2D eigenvalue weighted by Gasteiger charge is 2.13. The van der Waals surface area contributed by atoms with E-state index in [0.717, 1.165) is 5.69 Å². The van der Waals surface area contributed by atoms with Crippen molar-refractivity contribution in [1.29, 1.82) is 0 Å². The number of anilines is 3. The van der Waals surface area contributed by atoms with Gasteiger partial charge in [-0.25, -0.2) is 4.39 Å². The van der Waals surface area contributed by atoms with Crippen molar-refractivity contribution in [2.24, 2.45) is 0 Å². The maximum Gasteiger partial charge on any atom is 0.146 e. The molecule has 0 aromatic heterocycles. The molecule has 0 aliphatic rings. The third-order valence-corrected chi connectivity index (χ3v) is 2.97. The number of hydrogen-bond donors (Lipinski definition) is 1. The molecule has 94 valence electrons. The van der Waals surface area contributed by atoms with Crippen LogP contribution in [-0.4, -0.2) is 6.54 Å². The van der Waals surface area contributed by atoms with Crippen molar-refractivity contribution in [1.82, 2.24) is 0 Å². The molecule has 2 aromatic carbocycles. The van der Waals surface area contributed by atoms with Crippen LogP contribution in [0.4, 0.5) is 21.5 Å². The summed E-state index contributed by atoms with van der Waals surface area (Å²) in [6, 6.07) is 11.8. The van der Waals surface area contributed by atoms with Gasteiger partial charge in [0, 0.05) is 11.6 Å². The Morgan fingerprint density at radius 2 is 1.89 bits per heavy atom. The van der Waals surface area contributed by atoms with Gasteiger partial charge in [0.15, 0.2) is 0 Å². The number of rotatable bonds is 3. The van der Waals surface area contributed by atoms with Gasteiger partial charge in [-0.2, -0.15) is 0 Å². The van der Waals surface area contributed by atoms with Gasteiger partial charge in [-0.15, -0.1) is 0 Å². The van der Waals surface area contributed by atoms with Gasteiger partial charge in [0.25, 0.3) is 0 Å². The van der Waals surface area contributed by atoms with Crippen molar-refractivity contribution in [3.63, 3.8) is 0 Å². The summed E-state index contributed by atoms with van der Waals surface area (Å²) in [4.78, 5) is 1.82. The molecule has 2 nitrogen and oxygen atoms in total. The molecule has 0 aliphatic heterocycles. The molecule has 4 heteroatoms. The van der Waals surface area contributed by atoms with Crippen LogP contribution < -0.4 is 10.6 Å². The molecule has 0 spiro atoms. The van der Waals surface area contributed by atoms with Crippen LogP contribution in [0.1, 0.15) is 6.92 Å². The zero-order valence-electron chi connectivity index (χ0n) is 10.0. The van der Waals surface area contributed by atoms with Gasteiger partial charge in [-0.05, 0) is 37.3 Å². The molecule has 18 heavy (non-hydrogen) atoms. The smallest absolute Gasteiger partial charge is 0.146 e. The van der Waals surface area contributed by atoms with Crippen LogP contribution in [0.3, 0.4) is 0 Å². The molecule has 0 saturated heterocycles. The zero-order valence-corrected chi connectivity index (χ0v) is 10.8. The zero-order chi connectivity index (χ0) is 13.1. The third kappa shape index (κ3) is 2.41. The summed E-state index contributed by atoms with van der Waals surface area (Å²) < 4.78 is 13.8. The average molecular weight is 265 g/mol. The fourth-order valence-electron chi connectivity index (χ4n) is 1.91. The van der Waals surface area contributed by atoms with Crippen LogP contribution in [0.5, 0.6) is 0 Å². The van der Waals surface area contributed by atoms with Gasteiger partial charge in [0.1, 0.15) is 5.82 Å². The highest BCUT2D eigenvalue weighted by Crippen LogP contribution is 2.33. The van der Waals surface area contributed by atoms with Crippen LogP contribution in [0.15, 0.2) is 42.5 Å². The Labute approximate surface area is 111 Å². The number of hydrogen-bond acceptors (Lipinski definition) is 2. The minimum atomic E-state index is -0.270. The van der Waals surface area contributed by atoms with Crippen molar-refractivity contribution < 1.29 is 4.39 Å². The van der Waals surface area contributed by atoms with Gasteiger partial charge in [0.2, 0.25) is 0 Å². The van der Waals surface area contributed by atoms with E-state index in [1.807, 2.05) is 11.8 Å². The van der Waals surface area contributed by atoms with E-state index < -0.39 is 0 Å². The molecular formula is C14H14ClFN2. The van der Waals surface area contributed by atoms with E-state index in [-0.39, 0.29) is 5.82 Å². The molecule has 2 aromatic rings. The van der Waals surface area contributed by atoms with Gasteiger partial charge in [0.05, 0.1) is 17.1 Å². The molecule has 0 fully saturated rings. The fourth-order valence-corrected chi connectivity index (χ4v) is 2.09. The number of nitrogens with two attached hydrogens (primary N) is 1. The van der Waals surface area contributed by atoms with E-state index in [1.54, 1.807) is 36.4 Å². The Bertz CT molecular complexity index is 557. The lowest BCUT2D eigenvalue weighted by molar-refractivity contribution is 0.626. The standard InChI is InChI=1S/C14H14ClFN2/c1-2-18(13-6-4-3-5-11(13)16)14-8-7-10(15)9-12(14)17/h3-9H,2,17H2,1H3. The van der Waals surface area contributed by atoms with Gasteiger partial charge in [-0.1, -0.05) is 23.7 Å². The van der Waals surface area contributed by atoms with Crippen LogP contribution in [0.25, 0.3) is 0 Å². The van der Waals surface area contributed by atoms with Crippen LogP contribution >= 0.6 is 11.6 Å². The van der Waals surface area contributed by atoms with E-state index in [9.17, 15) is 4.39 Å². The van der Waals surface area contributed by atoms with Crippen molar-refractivity contribution in [2.75, 3.05) is 17.2 Å². The number of halogens is 2. The van der Waals surface area contributed by atoms with Crippen LogP contribution in [0, 0.1) is 5.82 Å². The summed E-state index contributed by atoms with van der Waals surface area (Å²) >= 11 is 5.87. The molecular weight excluding hydrogens is 251 g/mol. The van der Waals surface area contributed by atoms with Gasteiger partial charge < -0.3 is 10.6 Å². The van der Waals surface area contributed by atoms with Crippen molar-refractivity contribution in [3.05, 3.63) is 53.3 Å². The van der Waals surface area contributed by atoms with Crippen molar-refractivity contribution >= 4 is 28.7 Å². The lowest BCUT2D eigenvalue weighted by Gasteiger charge is -2.25. The van der Waals surface area contributed by atoms with E-state index in [0.29, 0.717) is 22.9 Å². The molecule has 2 N–H and O–H groups in total. The second-order valence-electron chi connectivity index (χ2n) is 3.90. The Kier molecular flexibility index (Phi) is 3.72. The number of benzene rings is 2. The average Bonchev–Trinajstić information content (AvgIpc) is 2.34. The SMILES string of the molecule is CCN(c1ccc(Cl)cc1N)c1ccccc1F. The molecule has 0 heterocycles. The Morgan fingerprint density at radius 1 is 1.17 bits per heavy atom. The maximum absolute atomic E-state index is 13.8. The Balaban J connectivity index is 2.49. The third-order valence-electron chi connectivity index (χ3n) is 2.74. The first-order chi connectivity index (χ1) is 8.63. The van der Waals surface area contributed by atoms with E-state index in [2.05, 4.69) is 0 Å². The minimum absolute atomic E-state index is 0.270. The van der Waals surface area contributed by atoms with Gasteiger partial charge in [-0.3, -0.25) is 0 Å². The van der Waals surface area contributed by atoms with Crippen LogP contribution in [-0.2, 0) is 0 Å². The summed E-state index contributed by atoms with van der Waals surface area (Å²) in [7, 11) is 0. The van der Waals surface area contributed by atoms with Crippen molar-refractivity contribution in [2.45, 2.75) is 6.92 Å². The molecule has 0 saturated carbocycles.